The molecule has 4 heteroatoms. The molecule has 21 heavy (non-hydrogen) atoms. The van der Waals surface area contributed by atoms with E-state index in [0.29, 0.717) is 0 Å². The van der Waals surface area contributed by atoms with E-state index in [0.717, 1.165) is 33.5 Å². The van der Waals surface area contributed by atoms with Crippen LogP contribution in [-0.2, 0) is 0 Å². The molecule has 0 aliphatic heterocycles. The minimum Gasteiger partial charge on any atom is -0.496 e. The Bertz CT molecular complexity index is 613. The lowest BCUT2D eigenvalue weighted by molar-refractivity contribution is 0.404. The maximum Gasteiger partial charge on any atom is 0.124 e. The highest BCUT2D eigenvalue weighted by Crippen LogP contribution is 2.34. The number of hydrogen-bond acceptors (Lipinski definition) is 2. The molecule has 0 saturated heterocycles. The van der Waals surface area contributed by atoms with Crippen LogP contribution in [0.4, 0.5) is 4.39 Å². The van der Waals surface area contributed by atoms with Gasteiger partial charge in [-0.2, -0.15) is 0 Å². The van der Waals surface area contributed by atoms with E-state index >= 15 is 0 Å². The summed E-state index contributed by atoms with van der Waals surface area (Å²) >= 11 is 3.57. The molecule has 2 rings (SSSR count). The van der Waals surface area contributed by atoms with E-state index in [-0.39, 0.29) is 11.9 Å². The van der Waals surface area contributed by atoms with Gasteiger partial charge in [0.25, 0.3) is 0 Å². The van der Waals surface area contributed by atoms with Gasteiger partial charge >= 0.3 is 0 Å². The lowest BCUT2D eigenvalue weighted by Crippen LogP contribution is -2.22. The Morgan fingerprint density at radius 2 is 1.90 bits per heavy atom. The lowest BCUT2D eigenvalue weighted by Gasteiger charge is -2.22. The first-order chi connectivity index (χ1) is 10.1. The van der Waals surface area contributed by atoms with Crippen molar-refractivity contribution in [3.05, 3.63) is 63.4 Å². The normalized spacial score (nSPS) is 12.2. The van der Waals surface area contributed by atoms with Crippen LogP contribution in [0.2, 0.25) is 0 Å². The molecule has 0 spiro atoms. The average Bonchev–Trinajstić information content (AvgIpc) is 2.48. The van der Waals surface area contributed by atoms with Crippen molar-refractivity contribution in [2.75, 3.05) is 13.7 Å². The van der Waals surface area contributed by atoms with Crippen molar-refractivity contribution in [3.63, 3.8) is 0 Å². The summed E-state index contributed by atoms with van der Waals surface area (Å²) in [6, 6.07) is 10.6. The molecule has 0 fully saturated rings. The van der Waals surface area contributed by atoms with Crippen LogP contribution in [0.15, 0.2) is 40.9 Å². The molecule has 0 aliphatic rings. The van der Waals surface area contributed by atoms with Gasteiger partial charge < -0.3 is 10.1 Å². The van der Waals surface area contributed by atoms with Gasteiger partial charge in [0, 0.05) is 10.0 Å². The summed E-state index contributed by atoms with van der Waals surface area (Å²) in [5.41, 5.74) is 3.15. The third kappa shape index (κ3) is 3.63. The quantitative estimate of drug-likeness (QED) is 0.849. The summed E-state index contributed by atoms with van der Waals surface area (Å²) in [5.74, 6) is 0.594. The van der Waals surface area contributed by atoms with E-state index in [9.17, 15) is 4.39 Å². The highest BCUT2D eigenvalue weighted by molar-refractivity contribution is 9.10. The number of methoxy groups -OCH3 is 1. The number of hydrogen-bond donors (Lipinski definition) is 1. The van der Waals surface area contributed by atoms with Gasteiger partial charge in [0.05, 0.1) is 13.2 Å². The number of rotatable bonds is 5. The smallest absolute Gasteiger partial charge is 0.124 e. The Labute approximate surface area is 133 Å². The lowest BCUT2D eigenvalue weighted by atomic mass is 9.96. The molecule has 0 saturated carbocycles. The van der Waals surface area contributed by atoms with Crippen molar-refractivity contribution < 1.29 is 9.13 Å². The third-order valence-corrected chi connectivity index (χ3v) is 4.29. The van der Waals surface area contributed by atoms with Crippen molar-refractivity contribution in [1.29, 1.82) is 0 Å². The number of aryl methyl sites for hydroxylation is 1. The predicted octanol–water partition coefficient (Wildman–Crippen LogP) is 4.60. The van der Waals surface area contributed by atoms with E-state index in [2.05, 4.69) is 27.3 Å². The Hall–Kier alpha value is -1.39. The molecule has 1 N–H and O–H groups in total. The van der Waals surface area contributed by atoms with Gasteiger partial charge in [-0.25, -0.2) is 4.39 Å². The topological polar surface area (TPSA) is 21.3 Å². The van der Waals surface area contributed by atoms with Gasteiger partial charge in [-0.05, 0) is 48.9 Å². The predicted molar refractivity (Wildman–Crippen MR) is 87.4 cm³/mol. The first-order valence-electron chi connectivity index (χ1n) is 6.89. The summed E-state index contributed by atoms with van der Waals surface area (Å²) < 4.78 is 19.7. The van der Waals surface area contributed by atoms with Crippen LogP contribution < -0.4 is 10.1 Å². The molecule has 112 valence electrons. The van der Waals surface area contributed by atoms with Gasteiger partial charge in [-0.3, -0.25) is 0 Å². The maximum atomic E-state index is 13.1. The summed E-state index contributed by atoms with van der Waals surface area (Å²) in [4.78, 5) is 0. The number of benzene rings is 2. The van der Waals surface area contributed by atoms with Crippen molar-refractivity contribution in [2.24, 2.45) is 0 Å². The van der Waals surface area contributed by atoms with E-state index in [1.807, 2.05) is 19.9 Å². The van der Waals surface area contributed by atoms with Gasteiger partial charge in [0.15, 0.2) is 0 Å². The summed E-state index contributed by atoms with van der Waals surface area (Å²) in [5, 5.41) is 3.43. The molecular formula is C17H19BrFNO. The first-order valence-corrected chi connectivity index (χ1v) is 7.69. The second kappa shape index (κ2) is 7.05. The zero-order chi connectivity index (χ0) is 15.4. The summed E-state index contributed by atoms with van der Waals surface area (Å²) in [6.07, 6.45) is 0. The van der Waals surface area contributed by atoms with Crippen LogP contribution in [0.25, 0.3) is 0 Å². The fraction of sp³-hybridized carbons (Fsp3) is 0.294. The zero-order valence-electron chi connectivity index (χ0n) is 12.4. The Morgan fingerprint density at radius 1 is 1.24 bits per heavy atom. The SMILES string of the molecule is CCNC(c1ccc(F)cc1)c1cc(Br)c(C)cc1OC. The molecule has 1 unspecified atom stereocenters. The molecule has 0 aromatic heterocycles. The molecule has 0 bridgehead atoms. The number of halogens is 2. The molecule has 0 heterocycles. The van der Waals surface area contributed by atoms with Crippen LogP contribution in [0.1, 0.15) is 29.7 Å². The average molecular weight is 352 g/mol. The van der Waals surface area contributed by atoms with Crippen molar-refractivity contribution in [3.8, 4) is 5.75 Å². The summed E-state index contributed by atoms with van der Waals surface area (Å²) in [6.45, 7) is 4.87. The monoisotopic (exact) mass is 351 g/mol. The van der Waals surface area contributed by atoms with Crippen LogP contribution in [0, 0.1) is 12.7 Å². The molecule has 0 aliphatic carbocycles. The van der Waals surface area contributed by atoms with Gasteiger partial charge in [-0.15, -0.1) is 0 Å². The van der Waals surface area contributed by atoms with Crippen LogP contribution in [-0.4, -0.2) is 13.7 Å². The molecule has 2 nitrogen and oxygen atoms in total. The van der Waals surface area contributed by atoms with Crippen molar-refractivity contribution >= 4 is 15.9 Å². The Kier molecular flexibility index (Phi) is 5.37. The fourth-order valence-corrected chi connectivity index (χ4v) is 2.70. The maximum absolute atomic E-state index is 13.1. The molecule has 0 amide bonds. The minimum atomic E-state index is -0.231. The van der Waals surface area contributed by atoms with Gasteiger partial charge in [-0.1, -0.05) is 35.0 Å². The fourth-order valence-electron chi connectivity index (χ4n) is 2.34. The Balaban J connectivity index is 2.51. The molecule has 0 radical (unpaired) electrons. The van der Waals surface area contributed by atoms with E-state index < -0.39 is 0 Å². The van der Waals surface area contributed by atoms with E-state index in [1.54, 1.807) is 19.2 Å². The highest BCUT2D eigenvalue weighted by atomic mass is 79.9. The van der Waals surface area contributed by atoms with Gasteiger partial charge in [0.2, 0.25) is 0 Å². The van der Waals surface area contributed by atoms with Crippen LogP contribution in [0.5, 0.6) is 5.75 Å². The highest BCUT2D eigenvalue weighted by Gasteiger charge is 2.19. The van der Waals surface area contributed by atoms with Crippen molar-refractivity contribution in [2.45, 2.75) is 19.9 Å². The van der Waals surface area contributed by atoms with Crippen LogP contribution >= 0.6 is 15.9 Å². The second-order valence-corrected chi connectivity index (χ2v) is 5.74. The van der Waals surface area contributed by atoms with Gasteiger partial charge in [0.1, 0.15) is 11.6 Å². The summed E-state index contributed by atoms with van der Waals surface area (Å²) in [7, 11) is 1.67. The molecule has 1 atom stereocenters. The van der Waals surface area contributed by atoms with E-state index in [4.69, 9.17) is 4.74 Å². The molecule has 2 aromatic rings. The molecule has 2 aromatic carbocycles. The van der Waals surface area contributed by atoms with E-state index in [1.165, 1.54) is 12.1 Å². The first kappa shape index (κ1) is 16.0. The largest absolute Gasteiger partial charge is 0.496 e. The number of nitrogens with one attached hydrogen (secondary N) is 1. The zero-order valence-corrected chi connectivity index (χ0v) is 14.0. The second-order valence-electron chi connectivity index (χ2n) is 4.89. The standard InChI is InChI=1S/C17H19BrFNO/c1-4-20-17(12-5-7-13(19)8-6-12)14-10-15(18)11(2)9-16(14)21-3/h5-10,17,20H,4H2,1-3H3. The molecular weight excluding hydrogens is 333 g/mol. The number of ether oxygens (including phenoxy) is 1. The van der Waals surface area contributed by atoms with Crippen molar-refractivity contribution in [1.82, 2.24) is 5.32 Å². The third-order valence-electron chi connectivity index (χ3n) is 3.43. The Morgan fingerprint density at radius 3 is 2.48 bits per heavy atom. The minimum absolute atomic E-state index is 0.0394. The van der Waals surface area contributed by atoms with Crippen LogP contribution in [0.3, 0.4) is 0 Å².